The summed E-state index contributed by atoms with van der Waals surface area (Å²) in [5, 5.41) is 3.22. The lowest BCUT2D eigenvalue weighted by Crippen LogP contribution is -2.54. The molecule has 0 unspecified atom stereocenters. The molecule has 2 amide bonds. The van der Waals surface area contributed by atoms with Gasteiger partial charge >= 0.3 is 0 Å². The molecule has 5 rings (SSSR count). The summed E-state index contributed by atoms with van der Waals surface area (Å²) in [4.78, 5) is 30.6. The molecule has 1 fully saturated rings. The van der Waals surface area contributed by atoms with Crippen LogP contribution in [0.3, 0.4) is 0 Å². The van der Waals surface area contributed by atoms with Crippen LogP contribution in [0.5, 0.6) is 5.75 Å². The average Bonchev–Trinajstić information content (AvgIpc) is 3.59. The van der Waals surface area contributed by atoms with Crippen LogP contribution in [0.15, 0.2) is 102 Å². The summed E-state index contributed by atoms with van der Waals surface area (Å²) in [5.74, 6) is -0.432. The van der Waals surface area contributed by atoms with Crippen LogP contribution in [0, 0.1) is 20.8 Å². The van der Waals surface area contributed by atoms with Gasteiger partial charge < -0.3 is 15.0 Å². The smallest absolute Gasteiger partial charge is 0.264 e. The number of rotatable bonds is 13. The largest absolute Gasteiger partial charge is 0.495 e. The molecule has 1 atom stereocenters. The van der Waals surface area contributed by atoms with E-state index in [2.05, 4.69) is 5.32 Å². The number of hydrogen-bond donors (Lipinski definition) is 1. The van der Waals surface area contributed by atoms with Crippen molar-refractivity contribution in [3.63, 3.8) is 0 Å². The molecule has 48 heavy (non-hydrogen) atoms. The van der Waals surface area contributed by atoms with Gasteiger partial charge in [-0.2, -0.15) is 0 Å². The molecule has 0 aromatic heterocycles. The summed E-state index contributed by atoms with van der Waals surface area (Å²) in [6, 6.07) is 28.4. The molecule has 1 N–H and O–H groups in total. The number of carbonyl (C=O) groups is 2. The average molecular weight is 668 g/mol. The molecule has 8 nitrogen and oxygen atoms in total. The molecule has 0 saturated heterocycles. The zero-order valence-corrected chi connectivity index (χ0v) is 29.0. The fourth-order valence-corrected chi connectivity index (χ4v) is 7.57. The lowest BCUT2D eigenvalue weighted by Gasteiger charge is -2.34. The predicted octanol–water partition coefficient (Wildman–Crippen LogP) is 6.51. The fraction of sp³-hybridized carbons (Fsp3) is 0.333. The van der Waals surface area contributed by atoms with E-state index in [1.807, 2.05) is 81.4 Å². The van der Waals surface area contributed by atoms with Gasteiger partial charge in [0, 0.05) is 19.0 Å². The topological polar surface area (TPSA) is 96.0 Å². The normalized spacial score (nSPS) is 13.9. The Morgan fingerprint density at radius 2 is 1.42 bits per heavy atom. The van der Waals surface area contributed by atoms with Gasteiger partial charge in [-0.25, -0.2) is 8.42 Å². The van der Waals surface area contributed by atoms with E-state index in [0.717, 1.165) is 57.8 Å². The number of benzene rings is 4. The van der Waals surface area contributed by atoms with Gasteiger partial charge in [0.1, 0.15) is 18.3 Å². The molecular weight excluding hydrogens is 623 g/mol. The SMILES string of the molecule is COc1ccc(C)cc1N(CC(=O)N(Cc1ccc(C)cc1)[C@H](Cc1ccccc1)C(=O)NC1CCCC1)S(=O)(=O)c1ccc(C)cc1. The Morgan fingerprint density at radius 3 is 2.04 bits per heavy atom. The van der Waals surface area contributed by atoms with E-state index in [1.54, 1.807) is 41.3 Å². The van der Waals surface area contributed by atoms with Gasteiger partial charge in [-0.05, 0) is 74.6 Å². The van der Waals surface area contributed by atoms with Gasteiger partial charge in [0.05, 0.1) is 17.7 Å². The maximum atomic E-state index is 14.8. The van der Waals surface area contributed by atoms with Crippen molar-refractivity contribution in [2.75, 3.05) is 18.0 Å². The summed E-state index contributed by atoms with van der Waals surface area (Å²) in [5.41, 5.74) is 4.76. The zero-order chi connectivity index (χ0) is 34.3. The predicted molar refractivity (Wildman–Crippen MR) is 190 cm³/mol. The first-order valence-electron chi connectivity index (χ1n) is 16.5. The minimum absolute atomic E-state index is 0.0436. The monoisotopic (exact) mass is 667 g/mol. The summed E-state index contributed by atoms with van der Waals surface area (Å²) in [6.07, 6.45) is 4.15. The van der Waals surface area contributed by atoms with Crippen molar-refractivity contribution < 1.29 is 22.7 Å². The molecule has 1 saturated carbocycles. The van der Waals surface area contributed by atoms with Crippen molar-refractivity contribution in [3.8, 4) is 5.75 Å². The Hall–Kier alpha value is -4.63. The Kier molecular flexibility index (Phi) is 11.2. The highest BCUT2D eigenvalue weighted by Crippen LogP contribution is 2.34. The van der Waals surface area contributed by atoms with Gasteiger partial charge in [0.25, 0.3) is 10.0 Å². The highest BCUT2D eigenvalue weighted by atomic mass is 32.2. The van der Waals surface area contributed by atoms with Crippen LogP contribution in [0.4, 0.5) is 5.69 Å². The third-order valence-electron chi connectivity index (χ3n) is 8.94. The van der Waals surface area contributed by atoms with Gasteiger partial charge in [-0.15, -0.1) is 0 Å². The lowest BCUT2D eigenvalue weighted by atomic mass is 10.0. The summed E-state index contributed by atoms with van der Waals surface area (Å²) >= 11 is 0. The number of ether oxygens (including phenoxy) is 1. The Balaban J connectivity index is 1.60. The second-order valence-electron chi connectivity index (χ2n) is 12.7. The number of hydrogen-bond acceptors (Lipinski definition) is 5. The van der Waals surface area contributed by atoms with Crippen molar-refractivity contribution in [2.45, 2.75) is 76.4 Å². The molecule has 9 heteroatoms. The zero-order valence-electron chi connectivity index (χ0n) is 28.2. The third-order valence-corrected chi connectivity index (χ3v) is 10.7. The summed E-state index contributed by atoms with van der Waals surface area (Å²) < 4.78 is 35.6. The molecule has 0 radical (unpaired) electrons. The van der Waals surface area contributed by atoms with Crippen LogP contribution >= 0.6 is 0 Å². The first kappa shape index (κ1) is 34.7. The van der Waals surface area contributed by atoms with Crippen LogP contribution < -0.4 is 14.4 Å². The molecule has 0 bridgehead atoms. The van der Waals surface area contributed by atoms with Gasteiger partial charge in [0.15, 0.2) is 0 Å². The Labute approximate surface area is 284 Å². The third kappa shape index (κ3) is 8.44. The van der Waals surface area contributed by atoms with E-state index in [1.165, 1.54) is 7.11 Å². The summed E-state index contributed by atoms with van der Waals surface area (Å²) in [6.45, 7) is 5.31. The number of amides is 2. The number of aryl methyl sites for hydroxylation is 3. The van der Waals surface area contributed by atoms with Crippen molar-refractivity contribution in [1.29, 1.82) is 0 Å². The van der Waals surface area contributed by atoms with Gasteiger partial charge in [-0.1, -0.05) is 96.8 Å². The molecule has 0 aliphatic heterocycles. The van der Waals surface area contributed by atoms with Crippen LogP contribution in [0.1, 0.15) is 53.5 Å². The van der Waals surface area contributed by atoms with E-state index in [0.29, 0.717) is 5.75 Å². The Morgan fingerprint density at radius 1 is 0.812 bits per heavy atom. The molecule has 1 aliphatic carbocycles. The number of nitrogens with one attached hydrogen (secondary N) is 1. The van der Waals surface area contributed by atoms with E-state index >= 15 is 0 Å². The Bertz CT molecular complexity index is 1800. The summed E-state index contributed by atoms with van der Waals surface area (Å²) in [7, 11) is -2.77. The number of nitrogens with zero attached hydrogens (tertiary/aromatic N) is 2. The van der Waals surface area contributed by atoms with E-state index < -0.39 is 28.5 Å². The van der Waals surface area contributed by atoms with E-state index in [9.17, 15) is 18.0 Å². The van der Waals surface area contributed by atoms with E-state index in [-0.39, 0.29) is 35.5 Å². The quantitative estimate of drug-likeness (QED) is 0.175. The molecule has 4 aromatic carbocycles. The first-order chi connectivity index (χ1) is 23.0. The minimum atomic E-state index is -4.25. The highest BCUT2D eigenvalue weighted by molar-refractivity contribution is 7.92. The second kappa shape index (κ2) is 15.5. The van der Waals surface area contributed by atoms with Crippen molar-refractivity contribution in [3.05, 3.63) is 125 Å². The number of sulfonamides is 1. The lowest BCUT2D eigenvalue weighted by molar-refractivity contribution is -0.140. The highest BCUT2D eigenvalue weighted by Gasteiger charge is 2.36. The van der Waals surface area contributed by atoms with Crippen molar-refractivity contribution in [1.82, 2.24) is 10.2 Å². The molecule has 0 heterocycles. The maximum absolute atomic E-state index is 14.8. The molecular formula is C39H45N3O5S. The number of carbonyl (C=O) groups excluding carboxylic acids is 2. The molecule has 4 aromatic rings. The van der Waals surface area contributed by atoms with Crippen molar-refractivity contribution >= 4 is 27.5 Å². The van der Waals surface area contributed by atoms with Crippen LogP contribution in [0.2, 0.25) is 0 Å². The molecule has 0 spiro atoms. The molecule has 252 valence electrons. The van der Waals surface area contributed by atoms with Crippen LogP contribution in [-0.4, -0.2) is 50.9 Å². The van der Waals surface area contributed by atoms with E-state index in [4.69, 9.17) is 4.74 Å². The van der Waals surface area contributed by atoms with Crippen molar-refractivity contribution in [2.24, 2.45) is 0 Å². The number of anilines is 1. The van der Waals surface area contributed by atoms with Gasteiger partial charge in [0.2, 0.25) is 11.8 Å². The molecule has 1 aliphatic rings. The standard InChI is InChI=1S/C39H45N3O5S/c1-28-14-19-32(20-15-28)26-41(36(25-31-10-6-5-7-11-31)39(44)40-33-12-8-9-13-33)38(43)27-42(35-24-30(3)18-23-37(35)47-4)48(45,46)34-21-16-29(2)17-22-34/h5-7,10-11,14-24,33,36H,8-9,12-13,25-27H2,1-4H3,(H,40,44)/t36-/m1/s1. The van der Waals surface area contributed by atoms with Crippen LogP contribution in [-0.2, 0) is 32.6 Å². The fourth-order valence-electron chi connectivity index (χ4n) is 6.16. The maximum Gasteiger partial charge on any atom is 0.264 e. The number of methoxy groups -OCH3 is 1. The minimum Gasteiger partial charge on any atom is -0.495 e. The van der Waals surface area contributed by atoms with Crippen LogP contribution in [0.25, 0.3) is 0 Å². The van der Waals surface area contributed by atoms with Gasteiger partial charge in [-0.3, -0.25) is 13.9 Å². The second-order valence-corrected chi connectivity index (χ2v) is 14.6. The first-order valence-corrected chi connectivity index (χ1v) is 17.9.